The molecule has 1 aromatic heterocycles. The Balaban J connectivity index is 1.59. The minimum absolute atomic E-state index is 0.00267. The zero-order chi connectivity index (χ0) is 18.1. The van der Waals surface area contributed by atoms with E-state index < -0.39 is 0 Å². The van der Waals surface area contributed by atoms with Gasteiger partial charge in [0.25, 0.3) is 5.91 Å². The third kappa shape index (κ3) is 3.21. The van der Waals surface area contributed by atoms with Crippen molar-refractivity contribution < 1.29 is 19.1 Å². The van der Waals surface area contributed by atoms with Gasteiger partial charge in [-0.1, -0.05) is 6.07 Å². The molecule has 1 atom stereocenters. The van der Waals surface area contributed by atoms with Gasteiger partial charge >= 0.3 is 0 Å². The maximum absolute atomic E-state index is 13.0. The Morgan fingerprint density at radius 2 is 1.81 bits per heavy atom. The van der Waals surface area contributed by atoms with Crippen LogP contribution in [0.15, 0.2) is 30.3 Å². The highest BCUT2D eigenvalue weighted by atomic mass is 32.1. The molecule has 0 aliphatic carbocycles. The minimum atomic E-state index is -0.00470. The summed E-state index contributed by atoms with van der Waals surface area (Å²) in [6, 6.07) is 9.50. The van der Waals surface area contributed by atoms with E-state index in [9.17, 15) is 9.59 Å². The highest BCUT2D eigenvalue weighted by Gasteiger charge is 2.32. The van der Waals surface area contributed by atoms with E-state index in [1.807, 2.05) is 23.1 Å². The molecule has 26 heavy (non-hydrogen) atoms. The van der Waals surface area contributed by atoms with Gasteiger partial charge in [0.15, 0.2) is 17.3 Å². The topological polar surface area (TPSA) is 55.8 Å². The standard InChI is InChI=1S/C20H21NO4S/c1-13(22)18-7-8-19(26-18)20(23)21-9-2-4-15(21)14-5-6-16-17(12-14)25-11-3-10-24-16/h5-8,12,15H,2-4,9-11H2,1H3/t15-/m0/s1. The van der Waals surface area contributed by atoms with Gasteiger partial charge in [0.05, 0.1) is 29.0 Å². The summed E-state index contributed by atoms with van der Waals surface area (Å²) in [5.74, 6) is 1.52. The smallest absolute Gasteiger partial charge is 0.264 e. The summed E-state index contributed by atoms with van der Waals surface area (Å²) in [5, 5.41) is 0. The van der Waals surface area contributed by atoms with Gasteiger partial charge < -0.3 is 14.4 Å². The quantitative estimate of drug-likeness (QED) is 0.763. The highest BCUT2D eigenvalue weighted by Crippen LogP contribution is 2.39. The van der Waals surface area contributed by atoms with E-state index in [0.717, 1.165) is 42.9 Å². The number of carbonyl (C=O) groups excluding carboxylic acids is 2. The first kappa shape index (κ1) is 17.1. The molecule has 5 nitrogen and oxygen atoms in total. The van der Waals surface area contributed by atoms with Crippen LogP contribution in [0, 0.1) is 0 Å². The number of ketones is 1. The number of hydrogen-bond donors (Lipinski definition) is 0. The Kier molecular flexibility index (Phi) is 4.68. The van der Waals surface area contributed by atoms with Crippen molar-refractivity contribution in [2.45, 2.75) is 32.2 Å². The molecule has 2 aromatic rings. The van der Waals surface area contributed by atoms with Crippen LogP contribution in [-0.4, -0.2) is 36.3 Å². The van der Waals surface area contributed by atoms with Crippen molar-refractivity contribution >= 4 is 23.0 Å². The number of benzene rings is 1. The fourth-order valence-corrected chi connectivity index (χ4v) is 4.38. The molecular formula is C20H21NO4S. The molecule has 1 amide bonds. The fourth-order valence-electron chi connectivity index (χ4n) is 3.53. The second kappa shape index (κ2) is 7.11. The van der Waals surface area contributed by atoms with Crippen molar-refractivity contribution in [3.8, 4) is 11.5 Å². The van der Waals surface area contributed by atoms with Gasteiger partial charge in [0.2, 0.25) is 0 Å². The molecule has 2 aliphatic heterocycles. The molecule has 0 spiro atoms. The Morgan fingerprint density at radius 3 is 2.58 bits per heavy atom. The Labute approximate surface area is 156 Å². The van der Waals surface area contributed by atoms with Gasteiger partial charge in [0, 0.05) is 13.0 Å². The molecule has 0 bridgehead atoms. The average molecular weight is 371 g/mol. The number of ether oxygens (including phenoxy) is 2. The summed E-state index contributed by atoms with van der Waals surface area (Å²) in [7, 11) is 0. The first-order chi connectivity index (χ1) is 12.6. The number of likely N-dealkylation sites (tertiary alicyclic amines) is 1. The van der Waals surface area contributed by atoms with Crippen LogP contribution in [-0.2, 0) is 0 Å². The minimum Gasteiger partial charge on any atom is -0.490 e. The van der Waals surface area contributed by atoms with Crippen LogP contribution in [0.4, 0.5) is 0 Å². The van der Waals surface area contributed by atoms with Gasteiger partial charge in [-0.3, -0.25) is 9.59 Å². The first-order valence-electron chi connectivity index (χ1n) is 8.95. The fraction of sp³-hybridized carbons (Fsp3) is 0.400. The van der Waals surface area contributed by atoms with Crippen molar-refractivity contribution in [1.29, 1.82) is 0 Å². The molecule has 6 heteroatoms. The van der Waals surface area contributed by atoms with E-state index in [1.54, 1.807) is 12.1 Å². The summed E-state index contributed by atoms with van der Waals surface area (Å²) >= 11 is 1.27. The first-order valence-corrected chi connectivity index (χ1v) is 9.76. The van der Waals surface area contributed by atoms with Crippen LogP contribution < -0.4 is 9.47 Å². The molecule has 0 N–H and O–H groups in total. The van der Waals surface area contributed by atoms with Crippen LogP contribution >= 0.6 is 11.3 Å². The average Bonchev–Trinajstić information content (AvgIpc) is 3.26. The molecular weight excluding hydrogens is 350 g/mol. The van der Waals surface area contributed by atoms with Crippen LogP contribution in [0.2, 0.25) is 0 Å². The molecule has 1 fully saturated rings. The van der Waals surface area contributed by atoms with Crippen LogP contribution in [0.25, 0.3) is 0 Å². The van der Waals surface area contributed by atoms with Crippen molar-refractivity contribution in [2.75, 3.05) is 19.8 Å². The lowest BCUT2D eigenvalue weighted by Crippen LogP contribution is -2.30. The Bertz CT molecular complexity index is 844. The zero-order valence-corrected chi connectivity index (χ0v) is 15.5. The summed E-state index contributed by atoms with van der Waals surface area (Å²) in [6.07, 6.45) is 2.76. The van der Waals surface area contributed by atoms with E-state index in [1.165, 1.54) is 18.3 Å². The number of hydrogen-bond acceptors (Lipinski definition) is 5. The second-order valence-corrected chi connectivity index (χ2v) is 7.72. The lowest BCUT2D eigenvalue weighted by molar-refractivity contribution is 0.0740. The summed E-state index contributed by atoms with van der Waals surface area (Å²) in [6.45, 7) is 3.56. The number of amides is 1. The van der Waals surface area contributed by atoms with Crippen molar-refractivity contribution in [1.82, 2.24) is 4.90 Å². The van der Waals surface area contributed by atoms with Gasteiger partial charge in [-0.05, 0) is 49.6 Å². The van der Waals surface area contributed by atoms with Crippen LogP contribution in [0.1, 0.15) is 57.1 Å². The molecule has 0 saturated carbocycles. The summed E-state index contributed by atoms with van der Waals surface area (Å²) in [4.78, 5) is 27.7. The third-order valence-electron chi connectivity index (χ3n) is 4.83. The third-order valence-corrected chi connectivity index (χ3v) is 6.01. The van der Waals surface area contributed by atoms with Crippen molar-refractivity contribution in [2.24, 2.45) is 0 Å². The Hall–Kier alpha value is -2.34. The lowest BCUT2D eigenvalue weighted by atomic mass is 10.0. The van der Waals surface area contributed by atoms with Gasteiger partial charge in [-0.15, -0.1) is 11.3 Å². The molecule has 136 valence electrons. The number of carbonyl (C=O) groups is 2. The molecule has 4 rings (SSSR count). The normalized spacial score (nSPS) is 19.3. The van der Waals surface area contributed by atoms with E-state index >= 15 is 0 Å². The monoisotopic (exact) mass is 371 g/mol. The molecule has 0 unspecified atom stereocenters. The van der Waals surface area contributed by atoms with E-state index in [2.05, 4.69) is 0 Å². The van der Waals surface area contributed by atoms with E-state index in [-0.39, 0.29) is 17.7 Å². The summed E-state index contributed by atoms with van der Waals surface area (Å²) in [5.41, 5.74) is 1.07. The maximum Gasteiger partial charge on any atom is 0.264 e. The van der Waals surface area contributed by atoms with Crippen LogP contribution in [0.3, 0.4) is 0 Å². The molecule has 0 radical (unpaired) electrons. The van der Waals surface area contributed by atoms with E-state index in [4.69, 9.17) is 9.47 Å². The number of nitrogens with zero attached hydrogens (tertiary/aromatic N) is 1. The predicted octanol–water partition coefficient (Wildman–Crippen LogP) is 4.09. The lowest BCUT2D eigenvalue weighted by Gasteiger charge is -2.25. The maximum atomic E-state index is 13.0. The number of rotatable bonds is 3. The van der Waals surface area contributed by atoms with Gasteiger partial charge in [-0.2, -0.15) is 0 Å². The molecule has 2 aliphatic rings. The second-order valence-electron chi connectivity index (χ2n) is 6.63. The van der Waals surface area contributed by atoms with Gasteiger partial charge in [-0.25, -0.2) is 0 Å². The van der Waals surface area contributed by atoms with Gasteiger partial charge in [0.1, 0.15) is 0 Å². The molecule has 1 saturated heterocycles. The van der Waals surface area contributed by atoms with Crippen molar-refractivity contribution in [3.63, 3.8) is 0 Å². The highest BCUT2D eigenvalue weighted by molar-refractivity contribution is 7.15. The molecule has 3 heterocycles. The zero-order valence-electron chi connectivity index (χ0n) is 14.7. The number of thiophene rings is 1. The summed E-state index contributed by atoms with van der Waals surface area (Å²) < 4.78 is 11.5. The number of fused-ring (bicyclic) bond motifs is 1. The largest absolute Gasteiger partial charge is 0.490 e. The van der Waals surface area contributed by atoms with Crippen LogP contribution in [0.5, 0.6) is 11.5 Å². The van der Waals surface area contributed by atoms with E-state index in [0.29, 0.717) is 23.0 Å². The predicted molar refractivity (Wildman–Crippen MR) is 99.4 cm³/mol. The number of Topliss-reactive ketones (excluding diaryl/α,β-unsaturated/α-hetero) is 1. The SMILES string of the molecule is CC(=O)c1ccc(C(=O)N2CCC[C@H]2c2ccc3c(c2)OCCCO3)s1. The molecule has 1 aromatic carbocycles. The van der Waals surface area contributed by atoms with Crippen molar-refractivity contribution in [3.05, 3.63) is 45.6 Å². The Morgan fingerprint density at radius 1 is 1.04 bits per heavy atom.